The number of aromatic amines is 2. The zero-order valence-electron chi connectivity index (χ0n) is 10.4. The van der Waals surface area contributed by atoms with Gasteiger partial charge in [-0.15, -0.1) is 0 Å². The van der Waals surface area contributed by atoms with E-state index in [2.05, 4.69) is 37.8 Å². The van der Waals surface area contributed by atoms with Gasteiger partial charge >= 0.3 is 0 Å². The summed E-state index contributed by atoms with van der Waals surface area (Å²) in [4.78, 5) is 0. The first kappa shape index (κ1) is 11.7. The topological polar surface area (TPSA) is 69.4 Å². The van der Waals surface area contributed by atoms with Gasteiger partial charge in [0.15, 0.2) is 0 Å². The molecular weight excluding hydrogens is 238 g/mol. The van der Waals surface area contributed by atoms with Crippen LogP contribution in [0.25, 0.3) is 11.3 Å². The van der Waals surface area contributed by atoms with Crippen LogP contribution in [0.2, 0.25) is 0 Å². The van der Waals surface area contributed by atoms with E-state index in [9.17, 15) is 0 Å². The van der Waals surface area contributed by atoms with Crippen molar-refractivity contribution in [2.24, 2.45) is 0 Å². The molecule has 96 valence electrons. The molecule has 2 aromatic heterocycles. The zero-order chi connectivity index (χ0) is 12.9. The molecule has 5 heteroatoms. The van der Waals surface area contributed by atoms with E-state index < -0.39 is 0 Å². The molecule has 0 unspecified atom stereocenters. The molecule has 1 aromatic carbocycles. The van der Waals surface area contributed by atoms with Gasteiger partial charge in [-0.25, -0.2) is 0 Å². The third-order valence-electron chi connectivity index (χ3n) is 2.98. The minimum absolute atomic E-state index is 0.770. The van der Waals surface area contributed by atoms with Crippen molar-refractivity contribution in [3.63, 3.8) is 0 Å². The van der Waals surface area contributed by atoms with Crippen molar-refractivity contribution in [1.29, 1.82) is 0 Å². The van der Waals surface area contributed by atoms with Gasteiger partial charge in [-0.1, -0.05) is 30.3 Å². The molecule has 0 radical (unpaired) electrons. The molecule has 0 spiro atoms. The standard InChI is InChI=1S/C14H15N5/c1-2-4-12(5-3-1)14-13(10-18-19-14)9-15-6-11-7-16-17-8-11/h1-5,7-8,10,15H,6,9H2,(H,16,17)(H,18,19). The lowest BCUT2D eigenvalue weighted by molar-refractivity contribution is 0.695. The van der Waals surface area contributed by atoms with E-state index in [0.29, 0.717) is 0 Å². The first-order valence-corrected chi connectivity index (χ1v) is 6.19. The summed E-state index contributed by atoms with van der Waals surface area (Å²) in [7, 11) is 0. The molecule has 0 aliphatic carbocycles. The molecule has 0 aliphatic heterocycles. The van der Waals surface area contributed by atoms with Gasteiger partial charge < -0.3 is 5.32 Å². The van der Waals surface area contributed by atoms with Gasteiger partial charge in [0.2, 0.25) is 0 Å². The van der Waals surface area contributed by atoms with Gasteiger partial charge in [0.1, 0.15) is 0 Å². The Morgan fingerprint density at radius 1 is 1.00 bits per heavy atom. The van der Waals surface area contributed by atoms with Crippen LogP contribution in [0.5, 0.6) is 0 Å². The number of rotatable bonds is 5. The molecule has 0 amide bonds. The second kappa shape index (κ2) is 5.49. The molecule has 5 nitrogen and oxygen atoms in total. The zero-order valence-corrected chi connectivity index (χ0v) is 10.4. The molecule has 3 N–H and O–H groups in total. The number of nitrogens with zero attached hydrogens (tertiary/aromatic N) is 2. The van der Waals surface area contributed by atoms with Crippen LogP contribution in [0.3, 0.4) is 0 Å². The van der Waals surface area contributed by atoms with Crippen molar-refractivity contribution in [3.05, 3.63) is 60.0 Å². The van der Waals surface area contributed by atoms with Crippen LogP contribution >= 0.6 is 0 Å². The molecule has 0 atom stereocenters. The van der Waals surface area contributed by atoms with E-state index in [0.717, 1.165) is 35.5 Å². The summed E-state index contributed by atoms with van der Waals surface area (Å²) in [6.07, 6.45) is 5.58. The molecule has 0 saturated heterocycles. The van der Waals surface area contributed by atoms with Gasteiger partial charge in [0.05, 0.1) is 18.1 Å². The van der Waals surface area contributed by atoms with Crippen molar-refractivity contribution in [2.45, 2.75) is 13.1 Å². The van der Waals surface area contributed by atoms with Crippen LogP contribution in [0.1, 0.15) is 11.1 Å². The average Bonchev–Trinajstić information content (AvgIpc) is 3.11. The Morgan fingerprint density at radius 3 is 2.68 bits per heavy atom. The minimum Gasteiger partial charge on any atom is -0.308 e. The number of aromatic nitrogens is 4. The van der Waals surface area contributed by atoms with Gasteiger partial charge in [-0.3, -0.25) is 10.2 Å². The molecule has 3 rings (SSSR count). The first-order chi connectivity index (χ1) is 9.43. The maximum atomic E-state index is 4.13. The van der Waals surface area contributed by atoms with Gasteiger partial charge in [-0.2, -0.15) is 10.2 Å². The number of H-pyrrole nitrogens is 2. The van der Waals surface area contributed by atoms with Gasteiger partial charge in [0.25, 0.3) is 0 Å². The van der Waals surface area contributed by atoms with E-state index >= 15 is 0 Å². The lowest BCUT2D eigenvalue weighted by atomic mass is 10.1. The predicted octanol–water partition coefficient (Wildman–Crippen LogP) is 2.09. The third-order valence-corrected chi connectivity index (χ3v) is 2.98. The van der Waals surface area contributed by atoms with Crippen LogP contribution in [0.4, 0.5) is 0 Å². The number of hydrogen-bond donors (Lipinski definition) is 3. The van der Waals surface area contributed by atoms with E-state index in [1.165, 1.54) is 0 Å². The Labute approximate surface area is 111 Å². The summed E-state index contributed by atoms with van der Waals surface area (Å²) in [5, 5.41) is 17.3. The molecule has 2 heterocycles. The van der Waals surface area contributed by atoms with Gasteiger partial charge in [-0.05, 0) is 5.56 Å². The van der Waals surface area contributed by atoms with Crippen molar-refractivity contribution in [1.82, 2.24) is 25.7 Å². The minimum atomic E-state index is 0.770. The van der Waals surface area contributed by atoms with Crippen LogP contribution in [-0.4, -0.2) is 20.4 Å². The lowest BCUT2D eigenvalue weighted by Gasteiger charge is -2.04. The summed E-state index contributed by atoms with van der Waals surface area (Å²) in [5.41, 5.74) is 4.53. The monoisotopic (exact) mass is 253 g/mol. The number of hydrogen-bond acceptors (Lipinski definition) is 3. The third kappa shape index (κ3) is 2.71. The van der Waals surface area contributed by atoms with Crippen molar-refractivity contribution in [3.8, 4) is 11.3 Å². The normalized spacial score (nSPS) is 10.7. The summed E-state index contributed by atoms with van der Waals surface area (Å²) in [6, 6.07) is 10.2. The lowest BCUT2D eigenvalue weighted by Crippen LogP contribution is -2.12. The summed E-state index contributed by atoms with van der Waals surface area (Å²) < 4.78 is 0. The average molecular weight is 253 g/mol. The Kier molecular flexibility index (Phi) is 3.38. The summed E-state index contributed by atoms with van der Waals surface area (Å²) in [6.45, 7) is 1.56. The highest BCUT2D eigenvalue weighted by Crippen LogP contribution is 2.20. The predicted molar refractivity (Wildman–Crippen MR) is 73.2 cm³/mol. The Balaban J connectivity index is 1.67. The highest BCUT2D eigenvalue weighted by molar-refractivity contribution is 5.62. The summed E-state index contributed by atoms with van der Waals surface area (Å²) in [5.74, 6) is 0. The van der Waals surface area contributed by atoms with Crippen molar-refractivity contribution < 1.29 is 0 Å². The molecule has 3 aromatic rings. The SMILES string of the molecule is c1ccc(-c2[nH]ncc2CNCc2cn[nH]c2)cc1. The second-order valence-corrected chi connectivity index (χ2v) is 4.35. The molecule has 19 heavy (non-hydrogen) atoms. The van der Waals surface area contributed by atoms with Crippen LogP contribution < -0.4 is 5.32 Å². The van der Waals surface area contributed by atoms with Crippen molar-refractivity contribution >= 4 is 0 Å². The second-order valence-electron chi connectivity index (χ2n) is 4.35. The maximum Gasteiger partial charge on any atom is 0.0695 e. The van der Waals surface area contributed by atoms with Crippen LogP contribution in [0.15, 0.2) is 48.9 Å². The smallest absolute Gasteiger partial charge is 0.0695 e. The first-order valence-electron chi connectivity index (χ1n) is 6.19. The molecule has 0 fully saturated rings. The Bertz CT molecular complexity index is 612. The van der Waals surface area contributed by atoms with E-state index in [4.69, 9.17) is 0 Å². The number of nitrogens with one attached hydrogen (secondary N) is 3. The quantitative estimate of drug-likeness (QED) is 0.652. The maximum absolute atomic E-state index is 4.13. The molecule has 0 aliphatic rings. The largest absolute Gasteiger partial charge is 0.308 e. The van der Waals surface area contributed by atoms with Crippen molar-refractivity contribution in [2.75, 3.05) is 0 Å². The molecule has 0 saturated carbocycles. The van der Waals surface area contributed by atoms with E-state index in [1.54, 1.807) is 0 Å². The summed E-state index contributed by atoms with van der Waals surface area (Å²) >= 11 is 0. The fourth-order valence-electron chi connectivity index (χ4n) is 2.02. The fourth-order valence-corrected chi connectivity index (χ4v) is 2.02. The number of benzene rings is 1. The van der Waals surface area contributed by atoms with Crippen LogP contribution in [0, 0.1) is 0 Å². The Hall–Kier alpha value is -2.40. The Morgan fingerprint density at radius 2 is 1.89 bits per heavy atom. The highest BCUT2D eigenvalue weighted by atomic mass is 15.1. The van der Waals surface area contributed by atoms with Crippen LogP contribution in [-0.2, 0) is 13.1 Å². The fraction of sp³-hybridized carbons (Fsp3) is 0.143. The molecule has 0 bridgehead atoms. The van der Waals surface area contributed by atoms with E-state index in [1.807, 2.05) is 36.8 Å². The highest BCUT2D eigenvalue weighted by Gasteiger charge is 2.06. The molecular formula is C14H15N5. The van der Waals surface area contributed by atoms with Gasteiger partial charge in [0, 0.05) is 30.4 Å². The van der Waals surface area contributed by atoms with E-state index in [-0.39, 0.29) is 0 Å².